The van der Waals surface area contributed by atoms with Gasteiger partial charge < -0.3 is 5.73 Å². The molecule has 21 heavy (non-hydrogen) atoms. The van der Waals surface area contributed by atoms with Gasteiger partial charge in [-0.15, -0.1) is 0 Å². The summed E-state index contributed by atoms with van der Waals surface area (Å²) in [6, 6.07) is 7.55. The lowest BCUT2D eigenvalue weighted by Crippen LogP contribution is -2.43. The molecule has 1 fully saturated rings. The predicted octanol–water partition coefficient (Wildman–Crippen LogP) is 2.07. The Labute approximate surface area is 128 Å². The standard InChI is InChI=1S/C16H26N2O2S/c1-12-8-9-18(11-15(12)10-17)13(2)14-4-6-16(7-5-14)21(3,19)20/h4-7,12-13,15H,8-11,17H2,1-3H3. The van der Waals surface area contributed by atoms with Crippen molar-refractivity contribution in [3.63, 3.8) is 0 Å². The molecular weight excluding hydrogens is 284 g/mol. The van der Waals surface area contributed by atoms with Crippen molar-refractivity contribution in [1.29, 1.82) is 0 Å². The first-order chi connectivity index (χ1) is 9.82. The molecule has 1 aromatic rings. The van der Waals surface area contributed by atoms with Gasteiger partial charge in [0.25, 0.3) is 0 Å². The van der Waals surface area contributed by atoms with Crippen LogP contribution in [0.1, 0.15) is 31.9 Å². The van der Waals surface area contributed by atoms with E-state index in [1.54, 1.807) is 12.1 Å². The average Bonchev–Trinajstić information content (AvgIpc) is 2.46. The van der Waals surface area contributed by atoms with Crippen LogP contribution in [0.5, 0.6) is 0 Å². The summed E-state index contributed by atoms with van der Waals surface area (Å²) < 4.78 is 23.0. The zero-order valence-electron chi connectivity index (χ0n) is 13.1. The topological polar surface area (TPSA) is 63.4 Å². The minimum absolute atomic E-state index is 0.292. The predicted molar refractivity (Wildman–Crippen MR) is 85.9 cm³/mol. The maximum atomic E-state index is 11.5. The molecule has 1 aliphatic heterocycles. The van der Waals surface area contributed by atoms with Crippen LogP contribution in [-0.2, 0) is 9.84 Å². The van der Waals surface area contributed by atoms with Crippen molar-refractivity contribution < 1.29 is 8.42 Å². The number of nitrogens with zero attached hydrogens (tertiary/aromatic N) is 1. The van der Waals surface area contributed by atoms with Crippen LogP contribution in [-0.4, -0.2) is 39.2 Å². The zero-order chi connectivity index (χ0) is 15.6. The van der Waals surface area contributed by atoms with Crippen molar-refractivity contribution in [2.45, 2.75) is 31.2 Å². The first-order valence-electron chi connectivity index (χ1n) is 7.57. The highest BCUT2D eigenvalue weighted by Gasteiger charge is 2.28. The molecule has 0 bridgehead atoms. The number of nitrogens with two attached hydrogens (primary N) is 1. The maximum absolute atomic E-state index is 11.5. The molecule has 2 rings (SSSR count). The van der Waals surface area contributed by atoms with Crippen LogP contribution in [0.25, 0.3) is 0 Å². The van der Waals surface area contributed by atoms with Gasteiger partial charge in [0.1, 0.15) is 0 Å². The molecule has 0 aliphatic carbocycles. The van der Waals surface area contributed by atoms with Gasteiger partial charge in [0, 0.05) is 18.8 Å². The number of piperidine rings is 1. The lowest BCUT2D eigenvalue weighted by molar-refractivity contribution is 0.0978. The highest BCUT2D eigenvalue weighted by atomic mass is 32.2. The number of hydrogen-bond donors (Lipinski definition) is 1. The summed E-state index contributed by atoms with van der Waals surface area (Å²) in [5, 5.41) is 0. The van der Waals surface area contributed by atoms with E-state index in [0.29, 0.717) is 22.8 Å². The minimum atomic E-state index is -3.12. The smallest absolute Gasteiger partial charge is 0.175 e. The first kappa shape index (κ1) is 16.5. The molecule has 3 unspecified atom stereocenters. The van der Waals surface area contributed by atoms with Gasteiger partial charge >= 0.3 is 0 Å². The molecule has 0 radical (unpaired) electrons. The van der Waals surface area contributed by atoms with Crippen molar-refractivity contribution >= 4 is 9.84 Å². The Morgan fingerprint density at radius 1 is 1.33 bits per heavy atom. The first-order valence-corrected chi connectivity index (χ1v) is 9.46. The second-order valence-corrected chi connectivity index (χ2v) is 8.29. The van der Waals surface area contributed by atoms with Crippen molar-refractivity contribution in [3.8, 4) is 0 Å². The highest BCUT2D eigenvalue weighted by molar-refractivity contribution is 7.90. The lowest BCUT2D eigenvalue weighted by atomic mass is 9.86. The number of likely N-dealkylation sites (tertiary alicyclic amines) is 1. The van der Waals surface area contributed by atoms with Gasteiger partial charge in [0.15, 0.2) is 9.84 Å². The van der Waals surface area contributed by atoms with Crippen LogP contribution in [0.3, 0.4) is 0 Å². The van der Waals surface area contributed by atoms with Crippen LogP contribution in [0, 0.1) is 11.8 Å². The van der Waals surface area contributed by atoms with Gasteiger partial charge in [-0.25, -0.2) is 8.42 Å². The van der Waals surface area contributed by atoms with Gasteiger partial charge in [-0.3, -0.25) is 4.90 Å². The fourth-order valence-corrected chi connectivity index (χ4v) is 3.67. The third-order valence-corrected chi connectivity index (χ3v) is 5.92. The normalized spacial score (nSPS) is 25.7. The molecule has 0 saturated carbocycles. The Hall–Kier alpha value is -0.910. The second kappa shape index (κ2) is 6.46. The van der Waals surface area contributed by atoms with Gasteiger partial charge in [-0.2, -0.15) is 0 Å². The second-order valence-electron chi connectivity index (χ2n) is 6.27. The van der Waals surface area contributed by atoms with E-state index in [0.717, 1.165) is 25.2 Å². The van der Waals surface area contributed by atoms with Crippen molar-refractivity contribution in [1.82, 2.24) is 4.90 Å². The highest BCUT2D eigenvalue weighted by Crippen LogP contribution is 2.29. The molecule has 1 saturated heterocycles. The van der Waals surface area contributed by atoms with Crippen LogP contribution in [0.2, 0.25) is 0 Å². The number of sulfone groups is 1. The van der Waals surface area contributed by atoms with Crippen LogP contribution in [0.4, 0.5) is 0 Å². The van der Waals surface area contributed by atoms with E-state index in [9.17, 15) is 8.42 Å². The monoisotopic (exact) mass is 310 g/mol. The van der Waals surface area contributed by atoms with E-state index >= 15 is 0 Å². The molecule has 1 aromatic carbocycles. The number of rotatable bonds is 4. The Morgan fingerprint density at radius 2 is 1.95 bits per heavy atom. The molecule has 0 spiro atoms. The van der Waals surface area contributed by atoms with Crippen LogP contribution in [0.15, 0.2) is 29.2 Å². The molecule has 3 atom stereocenters. The van der Waals surface area contributed by atoms with Crippen molar-refractivity contribution in [2.75, 3.05) is 25.9 Å². The number of benzene rings is 1. The van der Waals surface area contributed by atoms with E-state index in [4.69, 9.17) is 5.73 Å². The van der Waals surface area contributed by atoms with E-state index in [-0.39, 0.29) is 0 Å². The summed E-state index contributed by atoms with van der Waals surface area (Å²) in [7, 11) is -3.12. The molecule has 0 aromatic heterocycles. The largest absolute Gasteiger partial charge is 0.330 e. The Morgan fingerprint density at radius 3 is 2.48 bits per heavy atom. The fourth-order valence-electron chi connectivity index (χ4n) is 3.04. The van der Waals surface area contributed by atoms with E-state index in [1.165, 1.54) is 12.7 Å². The number of hydrogen-bond acceptors (Lipinski definition) is 4. The van der Waals surface area contributed by atoms with Gasteiger partial charge in [0.05, 0.1) is 4.90 Å². The van der Waals surface area contributed by atoms with Gasteiger partial charge in [0.2, 0.25) is 0 Å². The third kappa shape index (κ3) is 3.84. The Bertz CT molecular complexity index is 568. The minimum Gasteiger partial charge on any atom is -0.330 e. The van der Waals surface area contributed by atoms with E-state index in [2.05, 4.69) is 18.7 Å². The fraction of sp³-hybridized carbons (Fsp3) is 0.625. The van der Waals surface area contributed by atoms with Gasteiger partial charge in [-0.05, 0) is 56.0 Å². The van der Waals surface area contributed by atoms with Gasteiger partial charge in [-0.1, -0.05) is 19.1 Å². The molecule has 2 N–H and O–H groups in total. The Kier molecular flexibility index (Phi) is 5.07. The molecule has 0 amide bonds. The van der Waals surface area contributed by atoms with Crippen molar-refractivity contribution in [3.05, 3.63) is 29.8 Å². The van der Waals surface area contributed by atoms with E-state index in [1.807, 2.05) is 12.1 Å². The van der Waals surface area contributed by atoms with Crippen molar-refractivity contribution in [2.24, 2.45) is 17.6 Å². The molecule has 118 valence electrons. The maximum Gasteiger partial charge on any atom is 0.175 e. The van der Waals surface area contributed by atoms with Crippen LogP contribution >= 0.6 is 0 Å². The zero-order valence-corrected chi connectivity index (χ0v) is 13.9. The SMILES string of the molecule is CC1CCN(C(C)c2ccc(S(C)(=O)=O)cc2)CC1CN. The molecule has 1 heterocycles. The quantitative estimate of drug-likeness (QED) is 0.924. The third-order valence-electron chi connectivity index (χ3n) is 4.79. The summed E-state index contributed by atoms with van der Waals surface area (Å²) in [4.78, 5) is 2.83. The van der Waals surface area contributed by atoms with E-state index < -0.39 is 9.84 Å². The van der Waals surface area contributed by atoms with Crippen LogP contribution < -0.4 is 5.73 Å². The summed E-state index contributed by atoms with van der Waals surface area (Å²) >= 11 is 0. The molecular formula is C16H26N2O2S. The lowest BCUT2D eigenvalue weighted by Gasteiger charge is -2.40. The molecule has 1 aliphatic rings. The summed E-state index contributed by atoms with van der Waals surface area (Å²) in [6.07, 6.45) is 2.41. The molecule has 4 nitrogen and oxygen atoms in total. The molecule has 5 heteroatoms. The Balaban J connectivity index is 2.11. The average molecular weight is 310 g/mol. The summed E-state index contributed by atoms with van der Waals surface area (Å²) in [5.41, 5.74) is 7.03. The summed E-state index contributed by atoms with van der Waals surface area (Å²) in [5.74, 6) is 1.24. The summed E-state index contributed by atoms with van der Waals surface area (Å²) in [6.45, 7) is 7.29.